The SMILES string of the molecule is CC(C)NCc1cn(C(C)c2nccs2)cn1. The number of imidazole rings is 1. The molecule has 0 aliphatic carbocycles. The van der Waals surface area contributed by atoms with Crippen molar-refractivity contribution >= 4 is 11.3 Å². The fourth-order valence-electron chi connectivity index (χ4n) is 1.56. The molecule has 0 aliphatic rings. The first kappa shape index (κ1) is 12.3. The van der Waals surface area contributed by atoms with Crippen molar-refractivity contribution in [2.45, 2.75) is 39.4 Å². The molecule has 0 amide bonds. The molecule has 4 nitrogen and oxygen atoms in total. The topological polar surface area (TPSA) is 42.7 Å². The van der Waals surface area contributed by atoms with Gasteiger partial charge in [0, 0.05) is 30.4 Å². The Labute approximate surface area is 106 Å². The molecule has 0 saturated carbocycles. The van der Waals surface area contributed by atoms with E-state index in [1.54, 1.807) is 11.3 Å². The predicted molar refractivity (Wildman–Crippen MR) is 70.1 cm³/mol. The van der Waals surface area contributed by atoms with Crippen LogP contribution in [-0.2, 0) is 6.54 Å². The Hall–Kier alpha value is -1.20. The third kappa shape index (κ3) is 3.14. The molecule has 0 fully saturated rings. The maximum atomic E-state index is 4.40. The van der Waals surface area contributed by atoms with Crippen LogP contribution in [0.1, 0.15) is 37.5 Å². The van der Waals surface area contributed by atoms with Crippen LogP contribution < -0.4 is 5.32 Å². The van der Waals surface area contributed by atoms with Crippen molar-refractivity contribution in [2.75, 3.05) is 0 Å². The van der Waals surface area contributed by atoms with E-state index < -0.39 is 0 Å². The molecule has 2 heterocycles. The minimum atomic E-state index is 0.260. The van der Waals surface area contributed by atoms with Crippen LogP contribution in [0.4, 0.5) is 0 Å². The molecule has 1 N–H and O–H groups in total. The van der Waals surface area contributed by atoms with E-state index in [4.69, 9.17) is 0 Å². The number of rotatable bonds is 5. The van der Waals surface area contributed by atoms with Crippen LogP contribution in [-0.4, -0.2) is 20.6 Å². The van der Waals surface area contributed by atoms with E-state index in [-0.39, 0.29) is 6.04 Å². The van der Waals surface area contributed by atoms with E-state index in [9.17, 15) is 0 Å². The van der Waals surface area contributed by atoms with Gasteiger partial charge in [0.25, 0.3) is 0 Å². The smallest absolute Gasteiger partial charge is 0.115 e. The van der Waals surface area contributed by atoms with E-state index in [2.05, 4.69) is 46.8 Å². The minimum absolute atomic E-state index is 0.260. The average Bonchev–Trinajstić information content (AvgIpc) is 2.97. The van der Waals surface area contributed by atoms with Gasteiger partial charge in [0.2, 0.25) is 0 Å². The van der Waals surface area contributed by atoms with Crippen LogP contribution in [0.3, 0.4) is 0 Å². The maximum Gasteiger partial charge on any atom is 0.115 e. The molecule has 17 heavy (non-hydrogen) atoms. The summed E-state index contributed by atoms with van der Waals surface area (Å²) in [5.74, 6) is 0. The van der Waals surface area contributed by atoms with Gasteiger partial charge < -0.3 is 9.88 Å². The highest BCUT2D eigenvalue weighted by atomic mass is 32.1. The van der Waals surface area contributed by atoms with E-state index in [1.807, 2.05) is 17.9 Å². The minimum Gasteiger partial charge on any atom is -0.327 e. The normalized spacial score (nSPS) is 13.2. The number of nitrogens with zero attached hydrogens (tertiary/aromatic N) is 3. The second kappa shape index (κ2) is 5.42. The lowest BCUT2D eigenvalue weighted by Gasteiger charge is -2.09. The zero-order valence-electron chi connectivity index (χ0n) is 10.4. The molecular formula is C12H18N4S. The van der Waals surface area contributed by atoms with Crippen LogP contribution in [0.25, 0.3) is 0 Å². The van der Waals surface area contributed by atoms with Crippen molar-refractivity contribution in [1.82, 2.24) is 19.9 Å². The summed E-state index contributed by atoms with van der Waals surface area (Å²) in [4.78, 5) is 8.73. The lowest BCUT2D eigenvalue weighted by Crippen LogP contribution is -2.21. The van der Waals surface area contributed by atoms with Crippen LogP contribution in [0, 0.1) is 0 Å². The molecule has 2 aromatic heterocycles. The summed E-state index contributed by atoms with van der Waals surface area (Å²) >= 11 is 1.68. The summed E-state index contributed by atoms with van der Waals surface area (Å²) in [6, 6.07) is 0.742. The number of hydrogen-bond acceptors (Lipinski definition) is 4. The van der Waals surface area contributed by atoms with Crippen LogP contribution >= 0.6 is 11.3 Å². The first-order chi connectivity index (χ1) is 8.16. The summed E-state index contributed by atoms with van der Waals surface area (Å²) in [5.41, 5.74) is 1.07. The molecule has 92 valence electrons. The molecule has 0 spiro atoms. The molecular weight excluding hydrogens is 232 g/mol. The van der Waals surface area contributed by atoms with Crippen molar-refractivity contribution < 1.29 is 0 Å². The molecule has 0 aromatic carbocycles. The van der Waals surface area contributed by atoms with E-state index in [1.165, 1.54) is 0 Å². The summed E-state index contributed by atoms with van der Waals surface area (Å²) in [6.07, 6.45) is 5.81. The number of hydrogen-bond donors (Lipinski definition) is 1. The highest BCUT2D eigenvalue weighted by Crippen LogP contribution is 2.19. The van der Waals surface area contributed by atoms with Gasteiger partial charge in [-0.05, 0) is 6.92 Å². The molecule has 1 unspecified atom stereocenters. The number of nitrogens with one attached hydrogen (secondary N) is 1. The Bertz CT molecular complexity index is 447. The van der Waals surface area contributed by atoms with Crippen molar-refractivity contribution in [1.29, 1.82) is 0 Å². The van der Waals surface area contributed by atoms with Gasteiger partial charge in [-0.2, -0.15) is 0 Å². The monoisotopic (exact) mass is 250 g/mol. The molecule has 0 radical (unpaired) electrons. The lowest BCUT2D eigenvalue weighted by molar-refractivity contribution is 0.581. The largest absolute Gasteiger partial charge is 0.327 e. The third-order valence-electron chi connectivity index (χ3n) is 2.60. The summed E-state index contributed by atoms with van der Waals surface area (Å²) in [6.45, 7) is 7.22. The fraction of sp³-hybridized carbons (Fsp3) is 0.500. The van der Waals surface area contributed by atoms with Gasteiger partial charge in [0.05, 0.1) is 18.1 Å². The Kier molecular flexibility index (Phi) is 3.91. The van der Waals surface area contributed by atoms with Crippen molar-refractivity contribution in [2.24, 2.45) is 0 Å². The third-order valence-corrected chi connectivity index (χ3v) is 3.55. The Morgan fingerprint density at radius 2 is 2.18 bits per heavy atom. The highest BCUT2D eigenvalue weighted by molar-refractivity contribution is 7.09. The van der Waals surface area contributed by atoms with E-state index >= 15 is 0 Å². The van der Waals surface area contributed by atoms with Gasteiger partial charge in [-0.25, -0.2) is 9.97 Å². The number of aromatic nitrogens is 3. The van der Waals surface area contributed by atoms with E-state index in [0.29, 0.717) is 6.04 Å². The first-order valence-corrected chi connectivity index (χ1v) is 6.70. The predicted octanol–water partition coefficient (Wildman–Crippen LogP) is 2.45. The molecule has 0 bridgehead atoms. The van der Waals surface area contributed by atoms with Gasteiger partial charge >= 0.3 is 0 Å². The van der Waals surface area contributed by atoms with Crippen LogP contribution in [0.15, 0.2) is 24.1 Å². The second-order valence-electron chi connectivity index (χ2n) is 4.39. The van der Waals surface area contributed by atoms with Crippen molar-refractivity contribution in [3.05, 3.63) is 34.8 Å². The molecule has 0 aliphatic heterocycles. The van der Waals surface area contributed by atoms with Crippen molar-refractivity contribution in [3.8, 4) is 0 Å². The van der Waals surface area contributed by atoms with Gasteiger partial charge in [-0.3, -0.25) is 0 Å². The molecule has 2 rings (SSSR count). The Morgan fingerprint density at radius 1 is 1.35 bits per heavy atom. The van der Waals surface area contributed by atoms with Gasteiger partial charge in [0.1, 0.15) is 5.01 Å². The molecule has 5 heteroatoms. The Balaban J connectivity index is 2.03. The standard InChI is InChI=1S/C12H18N4S/c1-9(2)14-6-11-7-16(8-15-11)10(3)12-13-4-5-17-12/h4-5,7-10,14H,6H2,1-3H3. The summed E-state index contributed by atoms with van der Waals surface area (Å²) < 4.78 is 2.11. The quantitative estimate of drug-likeness (QED) is 0.886. The van der Waals surface area contributed by atoms with Gasteiger partial charge in [0.15, 0.2) is 0 Å². The molecule has 2 aromatic rings. The van der Waals surface area contributed by atoms with Crippen molar-refractivity contribution in [3.63, 3.8) is 0 Å². The van der Waals surface area contributed by atoms with Gasteiger partial charge in [-0.1, -0.05) is 13.8 Å². The second-order valence-corrected chi connectivity index (χ2v) is 5.32. The Morgan fingerprint density at radius 3 is 2.82 bits per heavy atom. The molecule has 0 saturated heterocycles. The maximum absolute atomic E-state index is 4.40. The highest BCUT2D eigenvalue weighted by Gasteiger charge is 2.10. The van der Waals surface area contributed by atoms with Gasteiger partial charge in [-0.15, -0.1) is 11.3 Å². The van der Waals surface area contributed by atoms with Crippen LogP contribution in [0.2, 0.25) is 0 Å². The lowest BCUT2D eigenvalue weighted by atomic mass is 10.3. The molecule has 1 atom stereocenters. The average molecular weight is 250 g/mol. The first-order valence-electron chi connectivity index (χ1n) is 5.82. The zero-order chi connectivity index (χ0) is 12.3. The summed E-state index contributed by atoms with van der Waals surface area (Å²) in [5, 5.41) is 6.48. The fourth-order valence-corrected chi connectivity index (χ4v) is 2.26. The summed E-state index contributed by atoms with van der Waals surface area (Å²) in [7, 11) is 0. The van der Waals surface area contributed by atoms with E-state index in [0.717, 1.165) is 17.2 Å². The number of thiazole rings is 1. The zero-order valence-corrected chi connectivity index (χ0v) is 11.2. The van der Waals surface area contributed by atoms with Crippen LogP contribution in [0.5, 0.6) is 0 Å².